The topological polar surface area (TPSA) is 21.3 Å². The molecule has 1 heterocycles. The summed E-state index contributed by atoms with van der Waals surface area (Å²) < 4.78 is 19.7. The lowest BCUT2D eigenvalue weighted by molar-refractivity contribution is 0.161. The van der Waals surface area contributed by atoms with E-state index in [1.807, 2.05) is 0 Å². The second-order valence-corrected chi connectivity index (χ2v) is 5.03. The predicted octanol–water partition coefficient (Wildman–Crippen LogP) is 3.37. The number of nitrogens with one attached hydrogen (secondary N) is 1. The van der Waals surface area contributed by atoms with Crippen LogP contribution in [0.25, 0.3) is 0 Å². The first-order valence-corrected chi connectivity index (χ1v) is 6.36. The fourth-order valence-corrected chi connectivity index (χ4v) is 2.42. The Kier molecular flexibility index (Phi) is 4.05. The monoisotopic (exact) mass is 307 g/mol. The second kappa shape index (κ2) is 5.34. The molecule has 88 valence electrons. The van der Waals surface area contributed by atoms with Crippen molar-refractivity contribution in [2.24, 2.45) is 0 Å². The molecule has 1 aromatic carbocycles. The fourth-order valence-electron chi connectivity index (χ4n) is 1.69. The molecule has 0 spiro atoms. The molecule has 0 saturated carbocycles. The van der Waals surface area contributed by atoms with Crippen LogP contribution in [0.15, 0.2) is 16.6 Å². The Hall–Kier alpha value is -0.320. The van der Waals surface area contributed by atoms with Crippen molar-refractivity contribution in [3.63, 3.8) is 0 Å². The lowest BCUT2D eigenvalue weighted by Gasteiger charge is -2.24. The van der Waals surface area contributed by atoms with Crippen molar-refractivity contribution in [2.75, 3.05) is 13.1 Å². The van der Waals surface area contributed by atoms with Crippen LogP contribution < -0.4 is 10.1 Å². The summed E-state index contributed by atoms with van der Waals surface area (Å²) in [7, 11) is 0. The van der Waals surface area contributed by atoms with Gasteiger partial charge in [-0.3, -0.25) is 0 Å². The quantitative estimate of drug-likeness (QED) is 0.846. The van der Waals surface area contributed by atoms with Crippen molar-refractivity contribution in [3.8, 4) is 5.75 Å². The molecular formula is C11H12BrClFNO. The molecule has 1 fully saturated rings. The van der Waals surface area contributed by atoms with Gasteiger partial charge < -0.3 is 10.1 Å². The maximum Gasteiger partial charge on any atom is 0.145 e. The van der Waals surface area contributed by atoms with Gasteiger partial charge in [-0.15, -0.1) is 0 Å². The van der Waals surface area contributed by atoms with Crippen LogP contribution in [-0.2, 0) is 0 Å². The highest BCUT2D eigenvalue weighted by molar-refractivity contribution is 9.10. The molecule has 2 nitrogen and oxygen atoms in total. The van der Waals surface area contributed by atoms with Crippen LogP contribution in [0, 0.1) is 5.82 Å². The van der Waals surface area contributed by atoms with Gasteiger partial charge in [0.1, 0.15) is 17.7 Å². The molecule has 0 radical (unpaired) electrons. The number of halogens is 3. The maximum atomic E-state index is 13.3. The summed E-state index contributed by atoms with van der Waals surface area (Å²) in [6.45, 7) is 1.89. The predicted molar refractivity (Wildman–Crippen MR) is 65.6 cm³/mol. The molecule has 1 aliphatic rings. The van der Waals surface area contributed by atoms with E-state index >= 15 is 0 Å². The van der Waals surface area contributed by atoms with Crippen LogP contribution in [0.3, 0.4) is 0 Å². The zero-order valence-electron chi connectivity index (χ0n) is 8.60. The average molecular weight is 309 g/mol. The van der Waals surface area contributed by atoms with Crippen LogP contribution >= 0.6 is 27.5 Å². The van der Waals surface area contributed by atoms with Crippen molar-refractivity contribution < 1.29 is 9.13 Å². The van der Waals surface area contributed by atoms with Gasteiger partial charge in [0.2, 0.25) is 0 Å². The normalized spacial score (nSPS) is 17.4. The number of ether oxygens (including phenoxy) is 1. The van der Waals surface area contributed by atoms with Gasteiger partial charge in [0.25, 0.3) is 0 Å². The van der Waals surface area contributed by atoms with E-state index in [1.165, 1.54) is 12.1 Å². The zero-order chi connectivity index (χ0) is 11.5. The third-order valence-corrected chi connectivity index (χ3v) is 3.46. The largest absolute Gasteiger partial charge is 0.489 e. The summed E-state index contributed by atoms with van der Waals surface area (Å²) in [5.74, 6) is 0.0719. The molecule has 0 bridgehead atoms. The van der Waals surface area contributed by atoms with E-state index in [0.29, 0.717) is 10.2 Å². The minimum Gasteiger partial charge on any atom is -0.489 e. The Balaban J connectivity index is 2.11. The van der Waals surface area contributed by atoms with Crippen molar-refractivity contribution >= 4 is 27.5 Å². The highest BCUT2D eigenvalue weighted by Crippen LogP contribution is 2.31. The molecule has 5 heteroatoms. The third kappa shape index (κ3) is 2.87. The highest BCUT2D eigenvalue weighted by Gasteiger charge is 2.16. The minimum absolute atomic E-state index is 0.101. The van der Waals surface area contributed by atoms with Crippen molar-refractivity contribution in [3.05, 3.63) is 27.4 Å². The van der Waals surface area contributed by atoms with E-state index in [9.17, 15) is 4.39 Å². The molecule has 16 heavy (non-hydrogen) atoms. The maximum absolute atomic E-state index is 13.3. The molecule has 1 aliphatic heterocycles. The van der Waals surface area contributed by atoms with Crippen LogP contribution in [-0.4, -0.2) is 19.2 Å². The van der Waals surface area contributed by atoms with Gasteiger partial charge in [-0.05, 0) is 47.9 Å². The molecular weight excluding hydrogens is 296 g/mol. The standard InChI is InChI=1S/C11H12BrClFNO/c12-8-5-9(13)10(14)6-11(8)16-7-1-3-15-4-2-7/h5-7,15H,1-4H2. The van der Waals surface area contributed by atoms with Gasteiger partial charge in [0.15, 0.2) is 0 Å². The summed E-state index contributed by atoms with van der Waals surface area (Å²) in [4.78, 5) is 0. The van der Waals surface area contributed by atoms with Gasteiger partial charge in [-0.1, -0.05) is 11.6 Å². The van der Waals surface area contributed by atoms with Crippen LogP contribution in [0.2, 0.25) is 5.02 Å². The van der Waals surface area contributed by atoms with E-state index in [0.717, 1.165) is 25.9 Å². The summed E-state index contributed by atoms with van der Waals surface area (Å²) in [6.07, 6.45) is 2.03. The Bertz CT molecular complexity index is 382. The van der Waals surface area contributed by atoms with Gasteiger partial charge in [0.05, 0.1) is 9.50 Å². The number of hydrogen-bond acceptors (Lipinski definition) is 2. The van der Waals surface area contributed by atoms with Crippen molar-refractivity contribution in [1.82, 2.24) is 5.32 Å². The molecule has 0 unspecified atom stereocenters. The van der Waals surface area contributed by atoms with E-state index < -0.39 is 5.82 Å². The lowest BCUT2D eigenvalue weighted by Crippen LogP contribution is -2.34. The van der Waals surface area contributed by atoms with Crippen LogP contribution in [0.5, 0.6) is 5.75 Å². The first kappa shape index (κ1) is 12.1. The fraction of sp³-hybridized carbons (Fsp3) is 0.455. The van der Waals surface area contributed by atoms with E-state index in [1.54, 1.807) is 0 Å². The number of piperidine rings is 1. The molecule has 0 aliphatic carbocycles. The molecule has 1 saturated heterocycles. The smallest absolute Gasteiger partial charge is 0.145 e. The van der Waals surface area contributed by atoms with Crippen LogP contribution in [0.1, 0.15) is 12.8 Å². The molecule has 1 aromatic rings. The summed E-state index contributed by atoms with van der Waals surface area (Å²) in [6, 6.07) is 2.85. The molecule has 0 aromatic heterocycles. The molecule has 0 amide bonds. The molecule has 2 rings (SSSR count). The van der Waals surface area contributed by atoms with Crippen molar-refractivity contribution in [2.45, 2.75) is 18.9 Å². The SMILES string of the molecule is Fc1cc(OC2CCNCC2)c(Br)cc1Cl. The summed E-state index contributed by atoms with van der Waals surface area (Å²) >= 11 is 8.97. The Labute approximate surface area is 107 Å². The van der Waals surface area contributed by atoms with Gasteiger partial charge >= 0.3 is 0 Å². The Morgan fingerprint density at radius 3 is 2.75 bits per heavy atom. The Morgan fingerprint density at radius 2 is 2.06 bits per heavy atom. The molecule has 0 atom stereocenters. The van der Waals surface area contributed by atoms with Gasteiger partial charge in [-0.2, -0.15) is 0 Å². The Morgan fingerprint density at radius 1 is 1.38 bits per heavy atom. The van der Waals surface area contributed by atoms with Gasteiger partial charge in [-0.25, -0.2) is 4.39 Å². The third-order valence-electron chi connectivity index (χ3n) is 2.55. The number of hydrogen-bond donors (Lipinski definition) is 1. The highest BCUT2D eigenvalue weighted by atomic mass is 79.9. The first-order chi connectivity index (χ1) is 7.66. The lowest BCUT2D eigenvalue weighted by atomic mass is 10.1. The first-order valence-electron chi connectivity index (χ1n) is 5.19. The van der Waals surface area contributed by atoms with Gasteiger partial charge in [0, 0.05) is 6.07 Å². The zero-order valence-corrected chi connectivity index (χ0v) is 10.9. The van der Waals surface area contributed by atoms with E-state index in [2.05, 4.69) is 21.2 Å². The molecule has 1 N–H and O–H groups in total. The number of rotatable bonds is 2. The van der Waals surface area contributed by atoms with Crippen LogP contribution in [0.4, 0.5) is 4.39 Å². The summed E-state index contributed by atoms with van der Waals surface area (Å²) in [5.41, 5.74) is 0. The minimum atomic E-state index is -0.450. The van der Waals surface area contributed by atoms with E-state index in [-0.39, 0.29) is 11.1 Å². The average Bonchev–Trinajstić information content (AvgIpc) is 2.27. The van der Waals surface area contributed by atoms with Crippen molar-refractivity contribution in [1.29, 1.82) is 0 Å². The second-order valence-electron chi connectivity index (χ2n) is 3.76. The van der Waals surface area contributed by atoms with E-state index in [4.69, 9.17) is 16.3 Å². The number of benzene rings is 1. The summed E-state index contributed by atoms with van der Waals surface area (Å²) in [5, 5.41) is 3.35.